The molecule has 0 aromatic heterocycles. The van der Waals surface area contributed by atoms with Crippen LogP contribution in [0, 0.1) is 0 Å². The van der Waals surface area contributed by atoms with E-state index in [1.807, 2.05) is 0 Å². The number of ketones is 1. The molecule has 1 fully saturated rings. The highest BCUT2D eigenvalue weighted by Crippen LogP contribution is 2.15. The van der Waals surface area contributed by atoms with Gasteiger partial charge < -0.3 is 14.0 Å². The topological polar surface area (TPSA) is 82.1 Å². The van der Waals surface area contributed by atoms with Gasteiger partial charge in [-0.05, 0) is 31.3 Å². The summed E-state index contributed by atoms with van der Waals surface area (Å²) in [6, 6.07) is 6.50. The maximum absolute atomic E-state index is 12.2. The molecular formula is C14H16BNO6. The van der Waals surface area contributed by atoms with Crippen molar-refractivity contribution in [2.45, 2.75) is 6.32 Å². The Morgan fingerprint density at radius 2 is 1.73 bits per heavy atom. The van der Waals surface area contributed by atoms with Crippen LogP contribution in [0.4, 0.5) is 0 Å². The number of benzene rings is 1. The Morgan fingerprint density at radius 3 is 2.23 bits per heavy atom. The molecule has 1 aromatic rings. The van der Waals surface area contributed by atoms with E-state index >= 15 is 0 Å². The summed E-state index contributed by atoms with van der Waals surface area (Å²) in [7, 11) is 1.94. The molecule has 0 radical (unpaired) electrons. The average molecular weight is 305 g/mol. The largest absolute Gasteiger partial charge is 0.606 e. The van der Waals surface area contributed by atoms with Crippen LogP contribution >= 0.6 is 0 Å². The first-order valence-electron chi connectivity index (χ1n) is 6.72. The van der Waals surface area contributed by atoms with Crippen LogP contribution in [0.25, 0.3) is 0 Å². The van der Waals surface area contributed by atoms with Gasteiger partial charge in [-0.2, -0.15) is 0 Å². The van der Waals surface area contributed by atoms with Gasteiger partial charge in [-0.15, -0.1) is 0 Å². The first-order chi connectivity index (χ1) is 10.5. The maximum atomic E-state index is 12.2. The number of likely N-dealkylation sites (N-methyl/N-ethyl adjacent to an activating group) is 1. The number of nitrogens with zero attached hydrogens (tertiary/aromatic N) is 1. The van der Waals surface area contributed by atoms with Crippen LogP contribution in [0.5, 0.6) is 5.75 Å². The normalized spacial score (nSPS) is 16.4. The summed E-state index contributed by atoms with van der Waals surface area (Å²) in [5, 5.41) is 0. The number of hydrogen-bond acceptors (Lipinski definition) is 7. The van der Waals surface area contributed by atoms with Gasteiger partial charge in [-0.25, -0.2) is 0 Å². The highest BCUT2D eigenvalue weighted by molar-refractivity contribution is 6.54. The molecule has 1 heterocycles. The molecule has 0 amide bonds. The molecule has 0 bridgehead atoms. The molecule has 0 spiro atoms. The van der Waals surface area contributed by atoms with E-state index in [0.717, 1.165) is 0 Å². The van der Waals surface area contributed by atoms with Crippen molar-refractivity contribution in [1.82, 2.24) is 4.90 Å². The van der Waals surface area contributed by atoms with E-state index in [1.54, 1.807) is 31.3 Å². The zero-order valence-electron chi connectivity index (χ0n) is 12.4. The SMILES string of the molecule is COc1ccc(C(=O)CB2OC(=O)CN(C)CC(=O)O2)cc1. The third-order valence-corrected chi connectivity index (χ3v) is 3.09. The molecule has 0 atom stereocenters. The van der Waals surface area contributed by atoms with Gasteiger partial charge in [-0.1, -0.05) is 0 Å². The van der Waals surface area contributed by atoms with E-state index in [-0.39, 0.29) is 25.2 Å². The minimum atomic E-state index is -1.19. The fourth-order valence-electron chi connectivity index (χ4n) is 2.02. The Hall–Kier alpha value is -2.35. The summed E-state index contributed by atoms with van der Waals surface area (Å²) in [5.41, 5.74) is 0.423. The average Bonchev–Trinajstić information content (AvgIpc) is 2.45. The lowest BCUT2D eigenvalue weighted by molar-refractivity contribution is -0.145. The van der Waals surface area contributed by atoms with Crippen molar-refractivity contribution in [2.75, 3.05) is 27.2 Å². The molecule has 0 aliphatic carbocycles. The van der Waals surface area contributed by atoms with Crippen LogP contribution in [-0.2, 0) is 18.9 Å². The summed E-state index contributed by atoms with van der Waals surface area (Å²) in [5.74, 6) is -0.740. The van der Waals surface area contributed by atoms with E-state index in [0.29, 0.717) is 11.3 Å². The number of carbonyl (C=O) groups excluding carboxylic acids is 3. The first kappa shape index (κ1) is 16.0. The van der Waals surface area contributed by atoms with Crippen LogP contribution in [0.3, 0.4) is 0 Å². The molecule has 0 saturated carbocycles. The van der Waals surface area contributed by atoms with Crippen molar-refractivity contribution in [2.24, 2.45) is 0 Å². The Bertz CT molecular complexity index is 553. The standard InChI is InChI=1S/C14H16BNO6/c1-16-8-13(18)21-15(22-14(19)9-16)7-12(17)10-3-5-11(20-2)6-4-10/h3-6H,7-9H2,1-2H3. The second-order valence-electron chi connectivity index (χ2n) is 4.94. The molecule has 1 aliphatic heterocycles. The molecular weight excluding hydrogens is 289 g/mol. The van der Waals surface area contributed by atoms with Crippen molar-refractivity contribution < 1.29 is 28.4 Å². The van der Waals surface area contributed by atoms with Gasteiger partial charge in [0.2, 0.25) is 0 Å². The van der Waals surface area contributed by atoms with E-state index < -0.39 is 19.1 Å². The van der Waals surface area contributed by atoms with Gasteiger partial charge in [0.15, 0.2) is 5.78 Å². The van der Waals surface area contributed by atoms with Crippen molar-refractivity contribution in [3.05, 3.63) is 29.8 Å². The smallest absolute Gasteiger partial charge is 0.498 e. The van der Waals surface area contributed by atoms with Crippen LogP contribution < -0.4 is 4.74 Å². The highest BCUT2D eigenvalue weighted by atomic mass is 16.6. The van der Waals surface area contributed by atoms with Crippen molar-refractivity contribution in [3.8, 4) is 5.75 Å². The Morgan fingerprint density at radius 1 is 1.18 bits per heavy atom. The van der Waals surface area contributed by atoms with Crippen molar-refractivity contribution in [3.63, 3.8) is 0 Å². The summed E-state index contributed by atoms with van der Waals surface area (Å²) in [6.45, 7) is -0.0509. The lowest BCUT2D eigenvalue weighted by Crippen LogP contribution is -2.43. The van der Waals surface area contributed by atoms with Gasteiger partial charge in [0.1, 0.15) is 5.75 Å². The minimum Gasteiger partial charge on any atom is -0.498 e. The predicted molar refractivity (Wildman–Crippen MR) is 77.6 cm³/mol. The number of hydrogen-bond donors (Lipinski definition) is 0. The maximum Gasteiger partial charge on any atom is 0.606 e. The van der Waals surface area contributed by atoms with Gasteiger partial charge in [-0.3, -0.25) is 19.3 Å². The van der Waals surface area contributed by atoms with Gasteiger partial charge in [0.05, 0.1) is 26.5 Å². The van der Waals surface area contributed by atoms with Gasteiger partial charge >= 0.3 is 19.1 Å². The fraction of sp³-hybridized carbons (Fsp3) is 0.357. The lowest BCUT2D eigenvalue weighted by Gasteiger charge is -2.22. The number of ether oxygens (including phenoxy) is 1. The quantitative estimate of drug-likeness (QED) is 0.588. The molecule has 2 rings (SSSR count). The minimum absolute atomic E-state index is 0.0255. The van der Waals surface area contributed by atoms with E-state index in [1.165, 1.54) is 12.0 Å². The van der Waals surface area contributed by atoms with Crippen molar-refractivity contribution in [1.29, 1.82) is 0 Å². The number of carbonyl (C=O) groups is 3. The zero-order chi connectivity index (χ0) is 16.1. The zero-order valence-corrected chi connectivity index (χ0v) is 12.4. The fourth-order valence-corrected chi connectivity index (χ4v) is 2.02. The summed E-state index contributed by atoms with van der Waals surface area (Å²) in [4.78, 5) is 36.8. The Kier molecular flexibility index (Phi) is 5.16. The highest BCUT2D eigenvalue weighted by Gasteiger charge is 2.34. The molecule has 1 saturated heterocycles. The van der Waals surface area contributed by atoms with Crippen molar-refractivity contribution >= 4 is 24.8 Å². The third-order valence-electron chi connectivity index (χ3n) is 3.09. The van der Waals surface area contributed by atoms with Gasteiger partial charge in [0.25, 0.3) is 0 Å². The van der Waals surface area contributed by atoms with Crippen LogP contribution in [0.1, 0.15) is 10.4 Å². The van der Waals surface area contributed by atoms with E-state index in [9.17, 15) is 14.4 Å². The Labute approximate surface area is 128 Å². The molecule has 8 heteroatoms. The second kappa shape index (κ2) is 7.08. The monoisotopic (exact) mass is 305 g/mol. The van der Waals surface area contributed by atoms with Gasteiger partial charge in [0, 0.05) is 5.56 Å². The third kappa shape index (κ3) is 4.32. The molecule has 1 aromatic carbocycles. The van der Waals surface area contributed by atoms with Crippen LogP contribution in [-0.4, -0.2) is 57.0 Å². The first-order valence-corrected chi connectivity index (χ1v) is 6.72. The molecule has 0 unspecified atom stereocenters. The van der Waals surface area contributed by atoms with Crippen LogP contribution in [0.15, 0.2) is 24.3 Å². The summed E-state index contributed by atoms with van der Waals surface area (Å²) < 4.78 is 15.0. The molecule has 116 valence electrons. The predicted octanol–water partition coefficient (Wildman–Crippen LogP) is 0.398. The lowest BCUT2D eigenvalue weighted by atomic mass is 9.80. The number of methoxy groups -OCH3 is 1. The molecule has 7 nitrogen and oxygen atoms in total. The Balaban J connectivity index is 2.02. The van der Waals surface area contributed by atoms with E-state index in [4.69, 9.17) is 14.0 Å². The van der Waals surface area contributed by atoms with E-state index in [2.05, 4.69) is 0 Å². The van der Waals surface area contributed by atoms with Crippen LogP contribution in [0.2, 0.25) is 6.32 Å². The summed E-state index contributed by atoms with van der Waals surface area (Å²) in [6.07, 6.45) is -0.215. The molecule has 0 N–H and O–H groups in total. The molecule has 1 aliphatic rings. The number of rotatable bonds is 4. The second-order valence-corrected chi connectivity index (χ2v) is 4.94. The molecule has 22 heavy (non-hydrogen) atoms. The summed E-state index contributed by atoms with van der Waals surface area (Å²) >= 11 is 0. The number of Topliss-reactive ketones (excluding diaryl/α,β-unsaturated/α-hetero) is 1.